The molecule has 0 heterocycles. The van der Waals surface area contributed by atoms with Crippen LogP contribution >= 0.6 is 0 Å². The van der Waals surface area contributed by atoms with Crippen LogP contribution < -0.4 is 0 Å². The highest BCUT2D eigenvalue weighted by Gasteiger charge is 2.24. The van der Waals surface area contributed by atoms with E-state index in [1.54, 1.807) is 13.0 Å². The van der Waals surface area contributed by atoms with Crippen molar-refractivity contribution in [2.75, 3.05) is 6.61 Å². The zero-order chi connectivity index (χ0) is 13.1. The SMILES string of the molecule is [C-]#[N+]C(C(=O)OCC)=C1CCc2ccc(F)cc21. The fourth-order valence-corrected chi connectivity index (χ4v) is 2.12. The maximum absolute atomic E-state index is 13.2. The number of carbonyl (C=O) groups is 1. The van der Waals surface area contributed by atoms with Gasteiger partial charge in [-0.1, -0.05) is 6.07 Å². The third-order valence-corrected chi connectivity index (χ3v) is 2.91. The Hall–Kier alpha value is -2.15. The second-order valence-corrected chi connectivity index (χ2v) is 3.96. The van der Waals surface area contributed by atoms with Gasteiger partial charge in [-0.3, -0.25) is 4.79 Å². The van der Waals surface area contributed by atoms with E-state index in [0.717, 1.165) is 12.0 Å². The molecule has 2 rings (SSSR count). The third-order valence-electron chi connectivity index (χ3n) is 2.91. The van der Waals surface area contributed by atoms with E-state index in [9.17, 15) is 9.18 Å². The second kappa shape index (κ2) is 5.01. The quantitative estimate of drug-likeness (QED) is 0.455. The van der Waals surface area contributed by atoms with Crippen molar-refractivity contribution >= 4 is 11.5 Å². The lowest BCUT2D eigenvalue weighted by atomic mass is 10.1. The van der Waals surface area contributed by atoms with Crippen LogP contribution in [0, 0.1) is 12.4 Å². The fourth-order valence-electron chi connectivity index (χ4n) is 2.12. The predicted octanol–water partition coefficient (Wildman–Crippen LogP) is 2.97. The molecule has 4 heteroatoms. The van der Waals surface area contributed by atoms with E-state index in [4.69, 9.17) is 11.3 Å². The Morgan fingerprint density at radius 3 is 2.94 bits per heavy atom. The molecule has 0 bridgehead atoms. The summed E-state index contributed by atoms with van der Waals surface area (Å²) in [6.07, 6.45) is 1.30. The van der Waals surface area contributed by atoms with E-state index in [1.165, 1.54) is 12.1 Å². The molecule has 92 valence electrons. The number of halogens is 1. The van der Waals surface area contributed by atoms with Gasteiger partial charge in [-0.05, 0) is 48.6 Å². The number of nitrogens with zero attached hydrogens (tertiary/aromatic N) is 1. The molecule has 0 unspecified atom stereocenters. The smallest absolute Gasteiger partial charge is 0.336 e. The minimum atomic E-state index is -0.625. The number of ether oxygens (including phenoxy) is 1. The Kier molecular flexibility index (Phi) is 3.42. The summed E-state index contributed by atoms with van der Waals surface area (Å²) in [6, 6.07) is 4.47. The lowest BCUT2D eigenvalue weighted by Gasteiger charge is -2.05. The topological polar surface area (TPSA) is 30.7 Å². The van der Waals surface area contributed by atoms with Crippen molar-refractivity contribution in [3.8, 4) is 0 Å². The van der Waals surface area contributed by atoms with Crippen molar-refractivity contribution < 1.29 is 13.9 Å². The number of hydrogen-bond donors (Lipinski definition) is 0. The van der Waals surface area contributed by atoms with E-state index in [0.29, 0.717) is 17.6 Å². The van der Waals surface area contributed by atoms with Crippen molar-refractivity contribution in [2.24, 2.45) is 0 Å². The highest BCUT2D eigenvalue weighted by molar-refractivity contribution is 6.00. The first kappa shape index (κ1) is 12.3. The summed E-state index contributed by atoms with van der Waals surface area (Å²) in [5.74, 6) is -0.985. The Labute approximate surface area is 105 Å². The third kappa shape index (κ3) is 2.12. The van der Waals surface area contributed by atoms with E-state index in [1.807, 2.05) is 0 Å². The molecule has 0 radical (unpaired) electrons. The predicted molar refractivity (Wildman–Crippen MR) is 64.9 cm³/mol. The minimum Gasteiger partial charge on any atom is -0.471 e. The Bertz CT molecular complexity index is 570. The molecule has 1 aliphatic carbocycles. The number of hydrogen-bond acceptors (Lipinski definition) is 2. The van der Waals surface area contributed by atoms with Gasteiger partial charge in [0, 0.05) is 0 Å². The van der Waals surface area contributed by atoms with Gasteiger partial charge in [-0.2, -0.15) is 0 Å². The van der Waals surface area contributed by atoms with Gasteiger partial charge in [0.25, 0.3) is 5.70 Å². The molecule has 0 fully saturated rings. The average Bonchev–Trinajstić information content (AvgIpc) is 2.74. The summed E-state index contributed by atoms with van der Waals surface area (Å²) >= 11 is 0. The van der Waals surface area contributed by atoms with E-state index in [2.05, 4.69) is 4.85 Å². The molecular weight excluding hydrogens is 233 g/mol. The number of fused-ring (bicyclic) bond motifs is 1. The molecule has 0 saturated heterocycles. The number of allylic oxidation sites excluding steroid dienone is 1. The molecule has 1 aliphatic rings. The molecule has 0 aliphatic heterocycles. The fraction of sp³-hybridized carbons (Fsp3) is 0.286. The van der Waals surface area contributed by atoms with Gasteiger partial charge in [0.15, 0.2) is 0 Å². The maximum Gasteiger partial charge on any atom is 0.336 e. The largest absolute Gasteiger partial charge is 0.471 e. The first-order valence-corrected chi connectivity index (χ1v) is 5.74. The molecule has 1 aromatic carbocycles. The zero-order valence-electron chi connectivity index (χ0n) is 10.00. The molecule has 0 atom stereocenters. The number of rotatable bonds is 2. The summed E-state index contributed by atoms with van der Waals surface area (Å²) in [4.78, 5) is 14.9. The van der Waals surface area contributed by atoms with Crippen molar-refractivity contribution in [3.63, 3.8) is 0 Å². The van der Waals surface area contributed by atoms with Crippen molar-refractivity contribution in [1.82, 2.24) is 0 Å². The normalized spacial score (nSPS) is 15.8. The van der Waals surface area contributed by atoms with E-state index >= 15 is 0 Å². The Morgan fingerprint density at radius 2 is 2.28 bits per heavy atom. The first-order valence-electron chi connectivity index (χ1n) is 5.74. The van der Waals surface area contributed by atoms with Gasteiger partial charge in [0.2, 0.25) is 0 Å². The molecule has 0 saturated carbocycles. The van der Waals surface area contributed by atoms with Gasteiger partial charge in [0.05, 0.1) is 13.2 Å². The zero-order valence-corrected chi connectivity index (χ0v) is 10.00. The average molecular weight is 245 g/mol. The van der Waals surface area contributed by atoms with Gasteiger partial charge in [-0.25, -0.2) is 9.24 Å². The van der Waals surface area contributed by atoms with Crippen LogP contribution in [0.1, 0.15) is 24.5 Å². The maximum atomic E-state index is 13.2. The van der Waals surface area contributed by atoms with Gasteiger partial charge >= 0.3 is 5.97 Å². The van der Waals surface area contributed by atoms with Crippen LogP contribution in [-0.4, -0.2) is 12.6 Å². The molecular formula is C14H12FNO2. The van der Waals surface area contributed by atoms with Gasteiger partial charge < -0.3 is 4.74 Å². The first-order chi connectivity index (χ1) is 8.67. The van der Waals surface area contributed by atoms with Crippen LogP contribution in [-0.2, 0) is 16.0 Å². The lowest BCUT2D eigenvalue weighted by molar-refractivity contribution is -0.138. The number of carbonyl (C=O) groups excluding carboxylic acids is 1. The Balaban J connectivity index is 2.50. The van der Waals surface area contributed by atoms with Crippen LogP contribution in [0.3, 0.4) is 0 Å². The second-order valence-electron chi connectivity index (χ2n) is 3.96. The summed E-state index contributed by atoms with van der Waals surface area (Å²) < 4.78 is 18.1. The van der Waals surface area contributed by atoms with Crippen LogP contribution in [0.15, 0.2) is 23.9 Å². The summed E-state index contributed by atoms with van der Waals surface area (Å²) in [6.45, 7) is 9.01. The van der Waals surface area contributed by atoms with Gasteiger partial charge in [0.1, 0.15) is 5.82 Å². The van der Waals surface area contributed by atoms with E-state index in [-0.39, 0.29) is 18.1 Å². The van der Waals surface area contributed by atoms with Crippen LogP contribution in [0.4, 0.5) is 4.39 Å². The molecule has 18 heavy (non-hydrogen) atoms. The van der Waals surface area contributed by atoms with Gasteiger partial charge in [-0.15, -0.1) is 0 Å². The van der Waals surface area contributed by atoms with Crippen LogP contribution in [0.2, 0.25) is 0 Å². The summed E-state index contributed by atoms with van der Waals surface area (Å²) in [7, 11) is 0. The summed E-state index contributed by atoms with van der Waals surface area (Å²) in [5.41, 5.74) is 2.20. The highest BCUT2D eigenvalue weighted by atomic mass is 19.1. The molecule has 0 spiro atoms. The lowest BCUT2D eigenvalue weighted by Crippen LogP contribution is -2.06. The minimum absolute atomic E-state index is 0.0267. The standard InChI is InChI=1S/C14H12FNO2/c1-3-18-14(17)13(16-2)11-7-5-9-4-6-10(15)8-12(9)11/h4,6,8H,3,5,7H2,1H3. The number of aryl methyl sites for hydroxylation is 1. The van der Waals surface area contributed by atoms with E-state index < -0.39 is 5.97 Å². The number of esters is 1. The van der Waals surface area contributed by atoms with Crippen LogP contribution in [0.25, 0.3) is 10.4 Å². The summed E-state index contributed by atoms with van der Waals surface area (Å²) in [5, 5.41) is 0. The van der Waals surface area contributed by atoms with Crippen molar-refractivity contribution in [3.05, 3.63) is 52.3 Å². The monoisotopic (exact) mass is 245 g/mol. The van der Waals surface area contributed by atoms with Crippen LogP contribution in [0.5, 0.6) is 0 Å². The number of benzene rings is 1. The van der Waals surface area contributed by atoms with Crippen molar-refractivity contribution in [2.45, 2.75) is 19.8 Å². The molecule has 1 aromatic rings. The molecule has 3 nitrogen and oxygen atoms in total. The molecule has 0 amide bonds. The van der Waals surface area contributed by atoms with Crippen molar-refractivity contribution in [1.29, 1.82) is 0 Å². The Morgan fingerprint density at radius 1 is 1.50 bits per heavy atom. The molecule has 0 aromatic heterocycles. The highest BCUT2D eigenvalue weighted by Crippen LogP contribution is 2.35. The molecule has 0 N–H and O–H groups in total.